The van der Waals surface area contributed by atoms with Crippen molar-refractivity contribution in [2.24, 2.45) is 5.73 Å². The fourth-order valence-electron chi connectivity index (χ4n) is 2.85. The minimum atomic E-state index is 0.103. The quantitative estimate of drug-likeness (QED) is 0.837. The van der Waals surface area contributed by atoms with Gasteiger partial charge >= 0.3 is 0 Å². The van der Waals surface area contributed by atoms with Gasteiger partial charge in [0.15, 0.2) is 0 Å². The fourth-order valence-corrected chi connectivity index (χ4v) is 3.65. The van der Waals surface area contributed by atoms with Crippen molar-refractivity contribution in [3.63, 3.8) is 0 Å². The summed E-state index contributed by atoms with van der Waals surface area (Å²) < 4.78 is 2.17. The van der Waals surface area contributed by atoms with Crippen LogP contribution in [0.25, 0.3) is 0 Å². The number of rotatable bonds is 5. The van der Waals surface area contributed by atoms with E-state index in [0.717, 1.165) is 5.75 Å². The summed E-state index contributed by atoms with van der Waals surface area (Å²) in [4.78, 5) is 1.27. The molecule has 1 atom stereocenters. The first kappa shape index (κ1) is 14.7. The molecule has 4 heteroatoms. The van der Waals surface area contributed by atoms with E-state index in [9.17, 15) is 0 Å². The molecule has 2 aromatic rings. The number of benzene rings is 1. The van der Waals surface area contributed by atoms with Crippen molar-refractivity contribution < 1.29 is 0 Å². The number of hydrogen-bond acceptors (Lipinski definition) is 3. The third kappa shape index (κ3) is 3.69. The Morgan fingerprint density at radius 2 is 1.95 bits per heavy atom. The normalized spacial score (nSPS) is 17.2. The van der Waals surface area contributed by atoms with Crippen LogP contribution in [-0.4, -0.2) is 9.78 Å². The highest BCUT2D eigenvalue weighted by molar-refractivity contribution is 7.98. The molecule has 0 amide bonds. The van der Waals surface area contributed by atoms with Gasteiger partial charge in [0, 0.05) is 22.9 Å². The maximum atomic E-state index is 5.87. The van der Waals surface area contributed by atoms with E-state index in [2.05, 4.69) is 41.2 Å². The molecule has 0 radical (unpaired) electrons. The Morgan fingerprint density at radius 3 is 2.62 bits per heavy atom. The highest BCUT2D eigenvalue weighted by Crippen LogP contribution is 2.29. The number of aromatic nitrogens is 2. The second kappa shape index (κ2) is 6.67. The van der Waals surface area contributed by atoms with Gasteiger partial charge in [-0.2, -0.15) is 5.10 Å². The minimum absolute atomic E-state index is 0.103. The predicted molar refractivity (Wildman–Crippen MR) is 88.3 cm³/mol. The Hall–Kier alpha value is -1.26. The summed E-state index contributed by atoms with van der Waals surface area (Å²) in [5, 5.41) is 4.73. The number of hydrogen-bond donors (Lipinski definition) is 1. The number of nitrogens with zero attached hydrogens (tertiary/aromatic N) is 2. The average Bonchev–Trinajstić information content (AvgIpc) is 3.16. The van der Waals surface area contributed by atoms with Crippen LogP contribution in [0.3, 0.4) is 0 Å². The highest BCUT2D eigenvalue weighted by Gasteiger charge is 2.17. The zero-order valence-electron chi connectivity index (χ0n) is 12.5. The van der Waals surface area contributed by atoms with Crippen LogP contribution >= 0.6 is 11.8 Å². The van der Waals surface area contributed by atoms with Crippen LogP contribution in [0.15, 0.2) is 41.4 Å². The van der Waals surface area contributed by atoms with Crippen LogP contribution < -0.4 is 5.73 Å². The average molecular weight is 301 g/mol. The molecule has 0 saturated heterocycles. The summed E-state index contributed by atoms with van der Waals surface area (Å²) in [5.74, 6) is 0.928. The molecule has 21 heavy (non-hydrogen) atoms. The van der Waals surface area contributed by atoms with Crippen LogP contribution in [0.5, 0.6) is 0 Å². The standard InChI is InChI=1S/C17H23N3S/c1-13(18)14-6-8-17(9-7-14)21-12-15-10-11-20(19-15)16-4-2-3-5-16/h6-11,13,16H,2-5,12,18H2,1H3. The lowest BCUT2D eigenvalue weighted by atomic mass is 10.1. The molecule has 3 nitrogen and oxygen atoms in total. The number of thioether (sulfide) groups is 1. The third-order valence-electron chi connectivity index (χ3n) is 4.15. The molecule has 1 unspecified atom stereocenters. The molecule has 0 aliphatic heterocycles. The topological polar surface area (TPSA) is 43.8 Å². The third-order valence-corrected chi connectivity index (χ3v) is 5.20. The van der Waals surface area contributed by atoms with Crippen molar-refractivity contribution in [2.45, 2.75) is 55.3 Å². The van der Waals surface area contributed by atoms with Crippen LogP contribution in [0.2, 0.25) is 0 Å². The molecular formula is C17H23N3S. The fraction of sp³-hybridized carbons (Fsp3) is 0.471. The molecule has 1 aliphatic rings. The molecule has 0 spiro atoms. The summed E-state index contributed by atoms with van der Waals surface area (Å²) in [6, 6.07) is 11.4. The second-order valence-electron chi connectivity index (χ2n) is 5.87. The van der Waals surface area contributed by atoms with Gasteiger partial charge < -0.3 is 5.73 Å². The predicted octanol–water partition coefficient (Wildman–Crippen LogP) is 4.31. The lowest BCUT2D eigenvalue weighted by Crippen LogP contribution is -2.05. The van der Waals surface area contributed by atoms with Crippen LogP contribution in [-0.2, 0) is 5.75 Å². The lowest BCUT2D eigenvalue weighted by Gasteiger charge is -2.09. The van der Waals surface area contributed by atoms with Gasteiger partial charge in [0.2, 0.25) is 0 Å². The van der Waals surface area contributed by atoms with E-state index < -0.39 is 0 Å². The Kier molecular flexibility index (Phi) is 4.66. The zero-order chi connectivity index (χ0) is 14.7. The summed E-state index contributed by atoms with van der Waals surface area (Å²) >= 11 is 1.83. The summed E-state index contributed by atoms with van der Waals surface area (Å²) in [5.41, 5.74) is 8.23. The molecule has 1 aromatic heterocycles. The SMILES string of the molecule is CC(N)c1ccc(SCc2ccn(C3CCCC3)n2)cc1. The summed E-state index contributed by atoms with van der Waals surface area (Å²) in [6.45, 7) is 2.01. The van der Waals surface area contributed by atoms with E-state index in [1.165, 1.54) is 41.8 Å². The van der Waals surface area contributed by atoms with Gasteiger partial charge in [-0.3, -0.25) is 4.68 Å². The molecule has 1 fully saturated rings. The zero-order valence-corrected chi connectivity index (χ0v) is 13.4. The molecule has 0 bridgehead atoms. The summed E-state index contributed by atoms with van der Waals surface area (Å²) in [7, 11) is 0. The highest BCUT2D eigenvalue weighted by atomic mass is 32.2. The van der Waals surface area contributed by atoms with E-state index in [0.29, 0.717) is 6.04 Å². The van der Waals surface area contributed by atoms with Gasteiger partial charge in [0.25, 0.3) is 0 Å². The molecule has 1 aliphatic carbocycles. The van der Waals surface area contributed by atoms with E-state index in [-0.39, 0.29) is 6.04 Å². The van der Waals surface area contributed by atoms with Crippen molar-refractivity contribution in [3.8, 4) is 0 Å². The molecule has 1 aromatic carbocycles. The van der Waals surface area contributed by atoms with Crippen molar-refractivity contribution in [3.05, 3.63) is 47.8 Å². The van der Waals surface area contributed by atoms with Gasteiger partial charge in [-0.05, 0) is 43.5 Å². The van der Waals surface area contributed by atoms with Crippen molar-refractivity contribution in [2.75, 3.05) is 0 Å². The van der Waals surface area contributed by atoms with Crippen LogP contribution in [0, 0.1) is 0 Å². The van der Waals surface area contributed by atoms with Gasteiger partial charge in [0.1, 0.15) is 0 Å². The molecular weight excluding hydrogens is 278 g/mol. The molecule has 3 rings (SSSR count). The van der Waals surface area contributed by atoms with Crippen molar-refractivity contribution in [1.29, 1.82) is 0 Å². The van der Waals surface area contributed by atoms with Crippen LogP contribution in [0.1, 0.15) is 55.9 Å². The van der Waals surface area contributed by atoms with Crippen molar-refractivity contribution >= 4 is 11.8 Å². The molecule has 2 N–H and O–H groups in total. The second-order valence-corrected chi connectivity index (χ2v) is 6.92. The maximum Gasteiger partial charge on any atom is 0.0727 e. The molecule has 1 heterocycles. The van der Waals surface area contributed by atoms with E-state index >= 15 is 0 Å². The van der Waals surface area contributed by atoms with Gasteiger partial charge in [0.05, 0.1) is 11.7 Å². The van der Waals surface area contributed by atoms with E-state index in [1.54, 1.807) is 0 Å². The number of nitrogens with two attached hydrogens (primary N) is 1. The van der Waals surface area contributed by atoms with Gasteiger partial charge in [-0.25, -0.2) is 0 Å². The Balaban J connectivity index is 1.57. The van der Waals surface area contributed by atoms with Crippen LogP contribution in [0.4, 0.5) is 0 Å². The molecule has 112 valence electrons. The first-order valence-corrected chi connectivity index (χ1v) is 8.73. The Bertz CT molecular complexity index is 568. The largest absolute Gasteiger partial charge is 0.324 e. The minimum Gasteiger partial charge on any atom is -0.324 e. The van der Waals surface area contributed by atoms with E-state index in [4.69, 9.17) is 10.8 Å². The smallest absolute Gasteiger partial charge is 0.0727 e. The summed E-state index contributed by atoms with van der Waals surface area (Å²) in [6.07, 6.45) is 7.41. The molecule has 1 saturated carbocycles. The maximum absolute atomic E-state index is 5.87. The first-order valence-electron chi connectivity index (χ1n) is 7.75. The van der Waals surface area contributed by atoms with Gasteiger partial charge in [-0.15, -0.1) is 11.8 Å². The first-order chi connectivity index (χ1) is 10.2. The lowest BCUT2D eigenvalue weighted by molar-refractivity contribution is 0.464. The van der Waals surface area contributed by atoms with Crippen molar-refractivity contribution in [1.82, 2.24) is 9.78 Å². The Morgan fingerprint density at radius 1 is 1.24 bits per heavy atom. The van der Waals surface area contributed by atoms with Gasteiger partial charge in [-0.1, -0.05) is 25.0 Å². The monoisotopic (exact) mass is 301 g/mol. The van der Waals surface area contributed by atoms with E-state index in [1.807, 2.05) is 18.7 Å². The Labute approximate surface area is 130 Å².